The van der Waals surface area contributed by atoms with E-state index in [-0.39, 0.29) is 11.7 Å². The Morgan fingerprint density at radius 3 is 2.19 bits per heavy atom. The van der Waals surface area contributed by atoms with Crippen LogP contribution in [0.3, 0.4) is 0 Å². The molecule has 0 atom stereocenters. The molecular formula is C13H16O2S. The van der Waals surface area contributed by atoms with E-state index in [0.29, 0.717) is 10.4 Å². The van der Waals surface area contributed by atoms with Crippen LogP contribution in [0.15, 0.2) is 30.3 Å². The van der Waals surface area contributed by atoms with Gasteiger partial charge in [0.15, 0.2) is 5.78 Å². The maximum atomic E-state index is 12.3. The predicted octanol–water partition coefficient (Wildman–Crippen LogP) is 2.00. The zero-order chi connectivity index (χ0) is 11.8. The molecule has 1 aliphatic rings. The van der Waals surface area contributed by atoms with Gasteiger partial charge in [-0.25, -0.2) is 0 Å². The van der Waals surface area contributed by atoms with Gasteiger partial charge in [0, 0.05) is 18.1 Å². The molecule has 16 heavy (non-hydrogen) atoms. The third-order valence-electron chi connectivity index (χ3n) is 2.74. The summed E-state index contributed by atoms with van der Waals surface area (Å²) in [6, 6.07) is 9.13. The summed E-state index contributed by atoms with van der Waals surface area (Å²) in [5, 5.41) is 0. The van der Waals surface area contributed by atoms with Crippen molar-refractivity contribution in [3.05, 3.63) is 35.9 Å². The van der Waals surface area contributed by atoms with Crippen LogP contribution in [0.2, 0.25) is 0 Å². The van der Waals surface area contributed by atoms with Crippen molar-refractivity contribution >= 4 is 20.2 Å². The summed E-state index contributed by atoms with van der Waals surface area (Å²) in [6.07, 6.45) is 5.35. The van der Waals surface area contributed by atoms with E-state index in [1.807, 2.05) is 18.2 Å². The highest BCUT2D eigenvalue weighted by atomic mass is 32.2. The summed E-state index contributed by atoms with van der Waals surface area (Å²) >= 11 is 0. The summed E-state index contributed by atoms with van der Waals surface area (Å²) in [5.41, 5.74) is 0.654. The quantitative estimate of drug-likeness (QED) is 0.594. The number of hydrogen-bond acceptors (Lipinski definition) is 2. The minimum atomic E-state index is -2.13. The van der Waals surface area contributed by atoms with Crippen molar-refractivity contribution in [2.45, 2.75) is 12.8 Å². The summed E-state index contributed by atoms with van der Waals surface area (Å²) in [4.78, 5) is 12.9. The van der Waals surface area contributed by atoms with Crippen molar-refractivity contribution in [1.29, 1.82) is 0 Å². The van der Waals surface area contributed by atoms with Crippen molar-refractivity contribution in [3.63, 3.8) is 0 Å². The first-order chi connectivity index (χ1) is 7.50. The molecule has 1 aromatic carbocycles. The standard InChI is InChI=1S/C13H16O2S/c1-16(2,15)13(11-8-9-11)12(14)10-6-4-3-5-7-10/h3-7,11H,8-9H2,1-2H3. The second kappa shape index (κ2) is 4.06. The Balaban J connectivity index is 2.45. The lowest BCUT2D eigenvalue weighted by molar-refractivity contribution is 0.106. The SMILES string of the molecule is CS(C)(=O)=C(C(=O)c1ccccc1)C1CC1. The molecule has 0 heterocycles. The first-order valence-corrected chi connectivity index (χ1v) is 7.78. The molecule has 3 heteroatoms. The van der Waals surface area contributed by atoms with Gasteiger partial charge in [0.25, 0.3) is 0 Å². The minimum Gasteiger partial charge on any atom is -0.288 e. The molecule has 0 aromatic heterocycles. The molecule has 0 amide bonds. The summed E-state index contributed by atoms with van der Waals surface area (Å²) in [6.45, 7) is 0. The lowest BCUT2D eigenvalue weighted by atomic mass is 10.1. The first-order valence-electron chi connectivity index (χ1n) is 5.41. The molecular weight excluding hydrogens is 220 g/mol. The van der Waals surface area contributed by atoms with Gasteiger partial charge in [-0.05, 0) is 28.3 Å². The maximum Gasteiger partial charge on any atom is 0.197 e. The molecule has 2 nitrogen and oxygen atoms in total. The van der Waals surface area contributed by atoms with Crippen molar-refractivity contribution in [3.8, 4) is 0 Å². The molecule has 1 aliphatic carbocycles. The zero-order valence-corrected chi connectivity index (χ0v) is 10.4. The van der Waals surface area contributed by atoms with Gasteiger partial charge >= 0.3 is 0 Å². The van der Waals surface area contributed by atoms with Crippen LogP contribution in [0, 0.1) is 5.92 Å². The van der Waals surface area contributed by atoms with Crippen LogP contribution in [0.5, 0.6) is 0 Å². The van der Waals surface area contributed by atoms with E-state index in [4.69, 9.17) is 0 Å². The molecule has 0 aliphatic heterocycles. The van der Waals surface area contributed by atoms with E-state index in [1.165, 1.54) is 0 Å². The number of Topliss-reactive ketones (excluding diaryl/α,β-unsaturated/α-hetero) is 1. The van der Waals surface area contributed by atoms with Crippen LogP contribution >= 0.6 is 0 Å². The van der Waals surface area contributed by atoms with Crippen molar-refractivity contribution in [2.24, 2.45) is 5.92 Å². The number of ketones is 1. The van der Waals surface area contributed by atoms with Gasteiger partial charge in [-0.1, -0.05) is 30.3 Å². The van der Waals surface area contributed by atoms with E-state index in [1.54, 1.807) is 24.6 Å². The second-order valence-electron chi connectivity index (χ2n) is 4.57. The Labute approximate surface area is 96.7 Å². The molecule has 0 bridgehead atoms. The Morgan fingerprint density at radius 1 is 1.19 bits per heavy atom. The number of benzene rings is 1. The van der Waals surface area contributed by atoms with E-state index >= 15 is 0 Å². The molecule has 0 saturated heterocycles. The average molecular weight is 236 g/mol. The fourth-order valence-corrected chi connectivity index (χ4v) is 3.49. The first kappa shape index (κ1) is 11.4. The van der Waals surface area contributed by atoms with E-state index < -0.39 is 9.52 Å². The maximum absolute atomic E-state index is 12.3. The average Bonchev–Trinajstić information content (AvgIpc) is 3.01. The number of hydrogen-bond donors (Lipinski definition) is 0. The van der Waals surface area contributed by atoms with Crippen LogP contribution in [-0.4, -0.2) is 27.4 Å². The van der Waals surface area contributed by atoms with Crippen molar-refractivity contribution in [2.75, 3.05) is 12.5 Å². The Bertz CT molecular complexity index is 510. The van der Waals surface area contributed by atoms with Gasteiger partial charge in [-0.15, -0.1) is 0 Å². The Kier molecular flexibility index (Phi) is 2.89. The van der Waals surface area contributed by atoms with Crippen LogP contribution in [0.25, 0.3) is 0 Å². The van der Waals surface area contributed by atoms with Gasteiger partial charge < -0.3 is 0 Å². The topological polar surface area (TPSA) is 34.1 Å². The number of carbonyl (C=O) groups is 1. The second-order valence-corrected chi connectivity index (χ2v) is 7.47. The number of carbonyl (C=O) groups excluding carboxylic acids is 1. The van der Waals surface area contributed by atoms with Gasteiger partial charge in [-0.2, -0.15) is 0 Å². The largest absolute Gasteiger partial charge is 0.288 e. The smallest absolute Gasteiger partial charge is 0.197 e. The highest BCUT2D eigenvalue weighted by molar-refractivity contribution is 8.02. The van der Waals surface area contributed by atoms with Crippen LogP contribution in [0.4, 0.5) is 0 Å². The Morgan fingerprint density at radius 2 is 1.75 bits per heavy atom. The monoisotopic (exact) mass is 236 g/mol. The molecule has 1 fully saturated rings. The lowest BCUT2D eigenvalue weighted by Crippen LogP contribution is -2.24. The van der Waals surface area contributed by atoms with Gasteiger partial charge in [0.05, 0.1) is 4.86 Å². The third kappa shape index (κ3) is 2.35. The van der Waals surface area contributed by atoms with Gasteiger partial charge in [0.1, 0.15) is 0 Å². The van der Waals surface area contributed by atoms with E-state index in [0.717, 1.165) is 12.8 Å². The molecule has 1 saturated carbocycles. The molecule has 0 unspecified atom stereocenters. The molecule has 0 N–H and O–H groups in total. The molecule has 2 rings (SSSR count). The fourth-order valence-electron chi connectivity index (χ4n) is 1.89. The van der Waals surface area contributed by atoms with Crippen LogP contribution in [-0.2, 0) is 9.52 Å². The fraction of sp³-hybridized carbons (Fsp3) is 0.385. The highest BCUT2D eigenvalue weighted by Crippen LogP contribution is 2.32. The normalized spacial score (nSPS) is 15.9. The summed E-state index contributed by atoms with van der Waals surface area (Å²) in [7, 11) is -2.13. The molecule has 0 radical (unpaired) electrons. The highest BCUT2D eigenvalue weighted by Gasteiger charge is 2.34. The predicted molar refractivity (Wildman–Crippen MR) is 68.5 cm³/mol. The van der Waals surface area contributed by atoms with Crippen LogP contribution < -0.4 is 0 Å². The molecule has 1 aromatic rings. The van der Waals surface area contributed by atoms with Gasteiger partial charge in [-0.3, -0.25) is 9.00 Å². The summed E-state index contributed by atoms with van der Waals surface area (Å²) in [5.74, 6) is 0.230. The van der Waals surface area contributed by atoms with E-state index in [9.17, 15) is 9.00 Å². The lowest BCUT2D eigenvalue weighted by Gasteiger charge is -2.08. The zero-order valence-electron chi connectivity index (χ0n) is 9.60. The minimum absolute atomic E-state index is 0.0295. The number of rotatable bonds is 3. The van der Waals surface area contributed by atoms with Gasteiger partial charge in [0.2, 0.25) is 0 Å². The Hall–Kier alpha value is -1.09. The third-order valence-corrected chi connectivity index (χ3v) is 4.32. The van der Waals surface area contributed by atoms with Crippen molar-refractivity contribution in [1.82, 2.24) is 0 Å². The van der Waals surface area contributed by atoms with E-state index in [2.05, 4.69) is 0 Å². The van der Waals surface area contributed by atoms with Crippen LogP contribution in [0.1, 0.15) is 23.2 Å². The summed E-state index contributed by atoms with van der Waals surface area (Å²) < 4.78 is 12.1. The molecule has 0 spiro atoms. The van der Waals surface area contributed by atoms with Crippen molar-refractivity contribution < 1.29 is 9.00 Å². The molecule has 86 valence electrons.